The molecule has 0 unspecified atom stereocenters. The van der Waals surface area contributed by atoms with Gasteiger partial charge in [-0.15, -0.1) is 0 Å². The predicted molar refractivity (Wildman–Crippen MR) is 202 cm³/mol. The maximum absolute atomic E-state index is 12.5. The van der Waals surface area contributed by atoms with E-state index >= 15 is 0 Å². The van der Waals surface area contributed by atoms with Crippen LogP contribution in [0.5, 0.6) is 0 Å². The highest BCUT2D eigenvalue weighted by atomic mass is 16.5. The van der Waals surface area contributed by atoms with Crippen molar-refractivity contribution in [1.29, 1.82) is 0 Å². The van der Waals surface area contributed by atoms with Crippen molar-refractivity contribution in [2.24, 2.45) is 0 Å². The summed E-state index contributed by atoms with van der Waals surface area (Å²) in [7, 11) is 0. The molecule has 7 nitrogen and oxygen atoms in total. The number of hydrogen-bond donors (Lipinski definition) is 0. The number of ether oxygens (including phenoxy) is 3. The Balaban J connectivity index is 1.63. The minimum absolute atomic E-state index is 0.140. The van der Waals surface area contributed by atoms with Crippen molar-refractivity contribution < 1.29 is 28.6 Å². The van der Waals surface area contributed by atoms with Crippen molar-refractivity contribution >= 4 is 35.0 Å². The third-order valence-electron chi connectivity index (χ3n) is 9.24. The third-order valence-corrected chi connectivity index (χ3v) is 9.24. The summed E-state index contributed by atoms with van der Waals surface area (Å²) in [6.45, 7) is 20.6. The first-order chi connectivity index (χ1) is 24.3. The first-order valence-corrected chi connectivity index (χ1v) is 17.0. The Morgan fingerprint density at radius 3 is 1.76 bits per heavy atom. The first-order valence-electron chi connectivity index (χ1n) is 17.0. The van der Waals surface area contributed by atoms with Gasteiger partial charge in [0, 0.05) is 39.2 Å². The van der Waals surface area contributed by atoms with Gasteiger partial charge < -0.3 is 19.1 Å². The monoisotopic (exact) mass is 683 g/mol. The van der Waals surface area contributed by atoms with E-state index in [9.17, 15) is 14.4 Å². The van der Waals surface area contributed by atoms with Crippen molar-refractivity contribution in [2.75, 3.05) is 18.1 Å². The van der Waals surface area contributed by atoms with Gasteiger partial charge in [0.25, 0.3) is 0 Å². The number of rotatable bonds is 14. The van der Waals surface area contributed by atoms with Gasteiger partial charge in [-0.05, 0) is 111 Å². The van der Waals surface area contributed by atoms with Crippen molar-refractivity contribution in [3.05, 3.63) is 149 Å². The zero-order chi connectivity index (χ0) is 36.9. The number of aryl methyl sites for hydroxylation is 2. The third kappa shape index (κ3) is 7.88. The van der Waals surface area contributed by atoms with Gasteiger partial charge >= 0.3 is 17.9 Å². The molecule has 1 aliphatic rings. The maximum Gasteiger partial charge on any atom is 0.333 e. The fourth-order valence-electron chi connectivity index (χ4n) is 6.63. The largest absolute Gasteiger partial charge is 0.462 e. The van der Waals surface area contributed by atoms with Crippen LogP contribution < -0.4 is 4.90 Å². The summed E-state index contributed by atoms with van der Waals surface area (Å²) in [4.78, 5) is 39.2. The Kier molecular flexibility index (Phi) is 11.1. The van der Waals surface area contributed by atoms with E-state index in [4.69, 9.17) is 14.2 Å². The lowest BCUT2D eigenvalue weighted by atomic mass is 9.73. The van der Waals surface area contributed by atoms with Gasteiger partial charge in [0.2, 0.25) is 0 Å². The smallest absolute Gasteiger partial charge is 0.333 e. The topological polar surface area (TPSA) is 82.1 Å². The summed E-state index contributed by atoms with van der Waals surface area (Å²) in [6, 6.07) is 29.1. The van der Waals surface area contributed by atoms with Crippen LogP contribution in [0.3, 0.4) is 0 Å². The summed E-state index contributed by atoms with van der Waals surface area (Å²) >= 11 is 0. The fraction of sp³-hybridized carbons (Fsp3) is 0.250. The summed E-state index contributed by atoms with van der Waals surface area (Å²) in [5.41, 5.74) is 10.6. The molecule has 0 aliphatic heterocycles. The van der Waals surface area contributed by atoms with Crippen molar-refractivity contribution in [1.82, 2.24) is 0 Å². The number of hydrogen-bond acceptors (Lipinski definition) is 7. The minimum atomic E-state index is -0.641. The Morgan fingerprint density at radius 1 is 0.627 bits per heavy atom. The lowest BCUT2D eigenvalue weighted by molar-refractivity contribution is -0.141. The van der Waals surface area contributed by atoms with Gasteiger partial charge in [-0.25, -0.2) is 14.4 Å². The Bertz CT molecular complexity index is 1990. The predicted octanol–water partition coefficient (Wildman–Crippen LogP) is 9.68. The maximum atomic E-state index is 12.5. The van der Waals surface area contributed by atoms with Gasteiger partial charge in [0.15, 0.2) is 0 Å². The van der Waals surface area contributed by atoms with E-state index in [-0.39, 0.29) is 19.8 Å². The Hall–Kier alpha value is -5.69. The highest BCUT2D eigenvalue weighted by Crippen LogP contribution is 2.54. The number of nitrogens with zero attached hydrogens (tertiary/aromatic N) is 1. The van der Waals surface area contributed by atoms with Crippen molar-refractivity contribution in [3.63, 3.8) is 0 Å². The van der Waals surface area contributed by atoms with Crippen molar-refractivity contribution in [2.45, 2.75) is 59.5 Å². The molecule has 0 saturated heterocycles. The van der Waals surface area contributed by atoms with Crippen LogP contribution in [-0.4, -0.2) is 31.1 Å². The standard InChI is InChI=1S/C44H45NO6/c1-28(2)41(46)49-23-21-44(22-24-50-42(47)29(3)4)38-12-10-9-11-36(38)37-19-18-35(26-39(37)44)45(40-20-13-31(7)25-32(40)8)34-16-14-33(15-17-34)27-51-43(48)30(5)6/h9-20,25-26H,1,3,5,21-24,27H2,2,4,6-8H3. The number of fused-ring (bicyclic) bond motifs is 3. The molecule has 262 valence electrons. The molecule has 51 heavy (non-hydrogen) atoms. The van der Waals surface area contributed by atoms with Gasteiger partial charge in [-0.2, -0.15) is 0 Å². The van der Waals surface area contributed by atoms with Crippen LogP contribution in [0.2, 0.25) is 0 Å². The van der Waals surface area contributed by atoms with Gasteiger partial charge in [0.05, 0.1) is 13.2 Å². The normalized spacial score (nSPS) is 12.3. The van der Waals surface area contributed by atoms with Gasteiger partial charge in [-0.3, -0.25) is 0 Å². The lowest BCUT2D eigenvalue weighted by Gasteiger charge is -2.34. The van der Waals surface area contributed by atoms with Crippen LogP contribution in [0.25, 0.3) is 11.1 Å². The molecule has 0 aromatic heterocycles. The summed E-state index contributed by atoms with van der Waals surface area (Å²) < 4.78 is 16.8. The van der Waals surface area contributed by atoms with E-state index in [2.05, 4.69) is 87.0 Å². The summed E-state index contributed by atoms with van der Waals surface area (Å²) in [5, 5.41) is 0. The van der Waals surface area contributed by atoms with Crippen LogP contribution in [0.4, 0.5) is 17.1 Å². The highest BCUT2D eigenvalue weighted by molar-refractivity contribution is 5.89. The van der Waals surface area contributed by atoms with Crippen LogP contribution in [0, 0.1) is 13.8 Å². The molecule has 0 bridgehead atoms. The number of esters is 3. The minimum Gasteiger partial charge on any atom is -0.462 e. The molecule has 0 atom stereocenters. The number of carbonyl (C=O) groups excluding carboxylic acids is 3. The van der Waals surface area contributed by atoms with E-state index in [1.165, 1.54) is 0 Å². The van der Waals surface area contributed by atoms with Crippen LogP contribution in [0.1, 0.15) is 61.4 Å². The van der Waals surface area contributed by atoms with Crippen LogP contribution in [-0.2, 0) is 40.6 Å². The second-order valence-corrected chi connectivity index (χ2v) is 13.3. The van der Waals surface area contributed by atoms with Crippen molar-refractivity contribution in [3.8, 4) is 11.1 Å². The average Bonchev–Trinajstić information content (AvgIpc) is 3.37. The molecule has 0 heterocycles. The van der Waals surface area contributed by atoms with Crippen LogP contribution >= 0.6 is 0 Å². The Morgan fingerprint density at radius 2 is 1.18 bits per heavy atom. The zero-order valence-electron chi connectivity index (χ0n) is 30.1. The van der Waals surface area contributed by atoms with Crippen LogP contribution in [0.15, 0.2) is 121 Å². The molecule has 0 amide bonds. The molecular formula is C44H45NO6. The van der Waals surface area contributed by atoms with Gasteiger partial charge in [0.1, 0.15) is 6.61 Å². The number of benzene rings is 4. The SMILES string of the molecule is C=C(C)C(=O)OCCC1(CCOC(=O)C(=C)C)c2ccccc2-c2ccc(N(c3ccc(COC(=O)C(=C)C)cc3)c3ccc(C)cc3C)cc21. The summed E-state index contributed by atoms with van der Waals surface area (Å²) in [5.74, 6) is -1.32. The van der Waals surface area contributed by atoms with E-state index in [1.54, 1.807) is 20.8 Å². The van der Waals surface area contributed by atoms with E-state index in [1.807, 2.05) is 36.4 Å². The first kappa shape index (κ1) is 36.6. The molecule has 4 aromatic carbocycles. The quantitative estimate of drug-likeness (QED) is 0.0744. The lowest BCUT2D eigenvalue weighted by Crippen LogP contribution is -2.30. The van der Waals surface area contributed by atoms with Gasteiger partial charge in [-0.1, -0.05) is 79.9 Å². The number of carbonyl (C=O) groups is 3. The van der Waals surface area contributed by atoms with E-state index < -0.39 is 23.3 Å². The molecular weight excluding hydrogens is 638 g/mol. The second-order valence-electron chi connectivity index (χ2n) is 13.3. The Labute approximate surface area is 300 Å². The average molecular weight is 684 g/mol. The molecule has 0 fully saturated rings. The number of anilines is 3. The molecule has 7 heteroatoms. The molecule has 4 aromatic rings. The summed E-state index contributed by atoms with van der Waals surface area (Å²) in [6.07, 6.45) is 0.927. The van der Waals surface area contributed by atoms with E-state index in [0.29, 0.717) is 29.6 Å². The highest BCUT2D eigenvalue weighted by Gasteiger charge is 2.43. The fourth-order valence-corrected chi connectivity index (χ4v) is 6.63. The molecule has 1 aliphatic carbocycles. The second kappa shape index (κ2) is 15.5. The molecule has 0 N–H and O–H groups in total. The molecule has 0 radical (unpaired) electrons. The van der Waals surface area contributed by atoms with E-state index in [0.717, 1.165) is 56.0 Å². The molecule has 0 saturated carbocycles. The molecule has 5 rings (SSSR count). The zero-order valence-corrected chi connectivity index (χ0v) is 30.1. The molecule has 0 spiro atoms.